The number of aliphatic hydroxyl groups excluding tert-OH is 8. The zero-order valence-corrected chi connectivity index (χ0v) is 76.3. The smallest absolute Gasteiger partial charge is 0.726 e. The molecule has 6 aliphatic heterocycles. The second kappa shape index (κ2) is 52.3. The van der Waals surface area contributed by atoms with Gasteiger partial charge < -0.3 is 157 Å². The number of carbonyl (C=O) groups is 6. The van der Waals surface area contributed by atoms with Gasteiger partial charge >= 0.3 is 177 Å². The third kappa shape index (κ3) is 35.0. The zero-order valence-electron chi connectivity index (χ0n) is 62.7. The third-order valence-corrected chi connectivity index (χ3v) is 16.9. The standard InChI is InChI=1S/C58H92N8O27.6Na.2H2O4S/c1-26(2)44-32-33(49(89-44)58(5,6)7)51(78)66(50(32)77)16-10-8-9-15-64(24-29-25-65(63-62-29)17-21-84-22-23-86-57-43(76)41(74)46(48(93-57)53(81)82)91-55-35(60)39(72)37(70)28(4)88-55)31(68)13-12-30(67)61-14-20-83-18-11-19-85-56-42(75)40(73)45(47(92-56)52(79)80)90-54-34(59)38(71)36(69)27(3)87-54;;;;;;;2*1-5(2,3)4/h25-28,32-49,54-57,59-60,69-76H,3-4,8-24H2,1-2,5-7H3,(H,61,67)(H,79,80)(H,81,82);;;;;;;2*(H2,1,2,3,4)/q-4;6*+1;;/p-4/t27?,28?,32-,33+,34?,35?,36-,37-,38-,39-,40-,41-,42?,43?,44-,45+,46+,47?,48?,49-,54-,55-,56-,57-;;;;;;;;/m1......../s1. The van der Waals surface area contributed by atoms with E-state index in [1.54, 1.807) is 6.20 Å². The summed E-state index contributed by atoms with van der Waals surface area (Å²) < 4.78 is 128. The van der Waals surface area contributed by atoms with Crippen LogP contribution in [0.4, 0.5) is 0 Å². The first-order chi connectivity index (χ1) is 47.9. The molecule has 0 spiro atoms. The number of rotatable bonds is 33. The van der Waals surface area contributed by atoms with Gasteiger partial charge in [-0.05, 0) is 49.2 Å². The molecule has 109 heavy (non-hydrogen) atoms. The first kappa shape index (κ1) is 112. The van der Waals surface area contributed by atoms with E-state index in [9.17, 15) is 79.8 Å². The number of aliphatic carboxylic acids is 2. The molecule has 0 saturated carbocycles. The molecular formula is C58H92N8Na6O35S2-2. The number of aliphatic hydroxyl groups is 8. The van der Waals surface area contributed by atoms with Gasteiger partial charge in [0.15, 0.2) is 12.6 Å². The maximum atomic E-state index is 13.9. The fourth-order valence-corrected chi connectivity index (χ4v) is 11.8. The molecule has 51 heteroatoms. The van der Waals surface area contributed by atoms with Gasteiger partial charge in [0, 0.05) is 39.1 Å². The Labute approximate surface area is 762 Å². The molecule has 0 aliphatic carbocycles. The monoisotopic (exact) mass is 1660 g/mol. The van der Waals surface area contributed by atoms with Crippen LogP contribution < -0.4 is 193 Å². The van der Waals surface area contributed by atoms with E-state index in [4.69, 9.17) is 98.6 Å². The molecule has 24 atom stereocenters. The summed E-state index contributed by atoms with van der Waals surface area (Å²) in [5.41, 5.74) is 16.2. The van der Waals surface area contributed by atoms with Crippen molar-refractivity contribution in [2.24, 2.45) is 23.2 Å². The van der Waals surface area contributed by atoms with E-state index in [0.29, 0.717) is 25.0 Å². The van der Waals surface area contributed by atoms with E-state index in [1.807, 2.05) is 34.6 Å². The number of carbonyl (C=O) groups excluding carboxylic acids is 6. The molecule has 6 saturated heterocycles. The molecule has 0 aromatic carbocycles. The summed E-state index contributed by atoms with van der Waals surface area (Å²) in [5.74, 6) is -6.16. The molecule has 0 bridgehead atoms. The number of carboxylic acid groups (broad SMARTS) is 2. The number of carboxylic acids is 2. The van der Waals surface area contributed by atoms with Crippen molar-refractivity contribution in [2.75, 3.05) is 59.3 Å². The molecule has 8 unspecified atom stereocenters. The average molecular weight is 1660 g/mol. The van der Waals surface area contributed by atoms with E-state index in [1.165, 1.54) is 14.5 Å². The van der Waals surface area contributed by atoms with Crippen molar-refractivity contribution >= 4 is 56.4 Å². The summed E-state index contributed by atoms with van der Waals surface area (Å²) in [5, 5.41) is 118. The summed E-state index contributed by atoms with van der Waals surface area (Å²) in [7, 11) is -9.83. The summed E-state index contributed by atoms with van der Waals surface area (Å²) in [6, 6.07) is -3.29. The molecule has 0 radical (unpaired) electrons. The number of imide groups is 1. The maximum absolute atomic E-state index is 13.9. The van der Waals surface area contributed by atoms with E-state index < -0.39 is 185 Å². The number of amides is 4. The molecule has 1 aromatic heterocycles. The largest absolute Gasteiger partial charge is 1.00 e. The fraction of sp³-hybridized carbons (Fsp3) is 0.828. The first-order valence-electron chi connectivity index (χ1n) is 32.5. The van der Waals surface area contributed by atoms with E-state index in [2.05, 4.69) is 29.5 Å². The Kier molecular flexibility index (Phi) is 53.8. The molecule has 6 aliphatic rings. The second-order valence-corrected chi connectivity index (χ2v) is 27.8. The predicted octanol–water partition coefficient (Wildman–Crippen LogP) is -26.2. The van der Waals surface area contributed by atoms with Gasteiger partial charge in [0.1, 0.15) is 67.1 Å². The summed E-state index contributed by atoms with van der Waals surface area (Å²) in [6.07, 6.45) is -29.1. The Morgan fingerprint density at radius 3 is 1.55 bits per heavy atom. The van der Waals surface area contributed by atoms with Crippen LogP contribution in [0, 0.1) is 37.0 Å². The third-order valence-electron chi connectivity index (χ3n) is 16.9. The minimum atomic E-state index is -4.92. The van der Waals surface area contributed by atoms with Gasteiger partial charge in [-0.25, -0.2) is 21.5 Å². The number of ether oxygens (including phenoxy) is 11. The molecule has 4 amide bonds. The van der Waals surface area contributed by atoms with Gasteiger partial charge in [-0.1, -0.05) is 51.9 Å². The Morgan fingerprint density at radius 2 is 1.08 bits per heavy atom. The fourth-order valence-electron chi connectivity index (χ4n) is 11.8. The Balaban J connectivity index is 0. The number of likely N-dealkylation sites (tertiary alicyclic amines) is 1. The molecule has 43 nitrogen and oxygen atoms in total. The summed E-state index contributed by atoms with van der Waals surface area (Å²) >= 11 is 0. The van der Waals surface area contributed by atoms with Crippen LogP contribution in [0.15, 0.2) is 6.20 Å². The molecule has 594 valence electrons. The second-order valence-electron chi connectivity index (χ2n) is 26.1. The van der Waals surface area contributed by atoms with Gasteiger partial charge in [-0.2, -0.15) is 0 Å². The van der Waals surface area contributed by atoms with Gasteiger partial charge in [0.2, 0.25) is 44.4 Å². The molecule has 7 rings (SSSR count). The Bertz CT molecular complexity index is 3110. The summed E-state index contributed by atoms with van der Waals surface area (Å²) in [6.45, 7) is 17.1. The maximum Gasteiger partial charge on any atom is 1.00 e. The van der Waals surface area contributed by atoms with Crippen molar-refractivity contribution in [3.05, 3.63) is 37.2 Å². The van der Waals surface area contributed by atoms with Crippen molar-refractivity contribution in [1.82, 2.24) is 30.1 Å². The van der Waals surface area contributed by atoms with Crippen molar-refractivity contribution in [2.45, 2.75) is 221 Å². The minimum absolute atomic E-state index is 0. The van der Waals surface area contributed by atoms with Gasteiger partial charge in [0.05, 0.1) is 113 Å². The number of fused-ring (bicyclic) bond motifs is 1. The van der Waals surface area contributed by atoms with Crippen molar-refractivity contribution in [3.63, 3.8) is 0 Å². The van der Waals surface area contributed by atoms with Gasteiger partial charge in [-0.15, -0.1) is 5.10 Å². The number of nitrogens with one attached hydrogen (secondary N) is 3. The molecule has 6 fully saturated rings. The number of hydrogen-bond donors (Lipinski definition) is 11. The molecule has 1 aromatic rings. The number of aromatic nitrogens is 3. The zero-order chi connectivity index (χ0) is 77.3. The van der Waals surface area contributed by atoms with Crippen LogP contribution >= 0.6 is 0 Å². The average Bonchev–Trinajstić information content (AvgIpc) is 1.58. The molecule has 13 N–H and O–H groups in total. The Morgan fingerprint density at radius 1 is 0.615 bits per heavy atom. The summed E-state index contributed by atoms with van der Waals surface area (Å²) in [4.78, 5) is 81.3. The molecular weight excluding hydrogens is 1570 g/mol. The normalized spacial score (nSPS) is 32.2. The van der Waals surface area contributed by atoms with Crippen LogP contribution in [0.25, 0.3) is 11.5 Å². The van der Waals surface area contributed by atoms with Crippen LogP contribution in [0.1, 0.15) is 78.8 Å². The van der Waals surface area contributed by atoms with E-state index in [0.717, 1.165) is 0 Å². The Hall–Kier alpha value is 1.06. The van der Waals surface area contributed by atoms with E-state index >= 15 is 0 Å². The van der Waals surface area contributed by atoms with Crippen LogP contribution in [0.2, 0.25) is 0 Å². The quantitative estimate of drug-likeness (QED) is 0.00777. The van der Waals surface area contributed by atoms with Crippen LogP contribution in [0.3, 0.4) is 0 Å². The van der Waals surface area contributed by atoms with Crippen molar-refractivity contribution in [1.29, 1.82) is 0 Å². The minimum Gasteiger partial charge on any atom is -0.726 e. The number of nitrogens with zero attached hydrogens (tertiary/aromatic N) is 5. The van der Waals surface area contributed by atoms with Gasteiger partial charge in [-0.3, -0.25) is 33.2 Å². The molecule has 7 heterocycles. The van der Waals surface area contributed by atoms with Crippen LogP contribution in [-0.4, -0.2) is 330 Å². The number of unbranched alkanes of at least 4 members (excludes halogenated alkanes) is 2. The van der Waals surface area contributed by atoms with E-state index in [-0.39, 0.29) is 298 Å². The van der Waals surface area contributed by atoms with Crippen molar-refractivity contribution in [3.8, 4) is 0 Å². The van der Waals surface area contributed by atoms with Crippen molar-refractivity contribution < 1.29 is 344 Å². The SMILES string of the molecule is O=S(=O)([O-])O.O=S(=O)([O-])O.[CH2-]C1O[C@H](O[C@@H]2C(C(=O)[O-])O[C@@H](OCCCOCCNC(=O)CCC(=O)N(CCCCCN3C(=O)[C@@H]4[C@H](C3=O)[C@H](C(C)(C)C)O[C@@H]4C(C)C)Cc3cn(CCOCCO[C@@H]4OC(C(=O)[O-])[C@@H](O[C@H]5OC([CH2-])[C@@H](O)[C@H](O)C5[NH-])[C@H](O)C4O)nn3)C(O)[C@H]2O)C([NH-])[C@@H](O)[C@@H]1O.[Na+].[Na+].[Na+].[Na+].[Na+].[Na+]. The van der Waals surface area contributed by atoms with Crippen LogP contribution in [0.5, 0.6) is 0 Å². The van der Waals surface area contributed by atoms with Crippen LogP contribution in [-0.2, 0) is 115 Å². The first-order valence-corrected chi connectivity index (χ1v) is 35.2. The topological polar surface area (TPSA) is 664 Å². The van der Waals surface area contributed by atoms with Gasteiger partial charge in [0.25, 0.3) is 0 Å². The number of hydrogen-bond acceptors (Lipinski definition) is 35. The predicted molar refractivity (Wildman–Crippen MR) is 330 cm³/mol.